The van der Waals surface area contributed by atoms with Crippen LogP contribution >= 0.6 is 0 Å². The van der Waals surface area contributed by atoms with Crippen molar-refractivity contribution in [2.24, 2.45) is 11.8 Å². The van der Waals surface area contributed by atoms with Gasteiger partial charge in [-0.1, -0.05) is 9.98 Å². The standard InChI is InChI=1S/C18H22N2O8/c19-27-25-17-9-5-15(6-10-17)23-21-13-1-2-14(4-3-13)22-24-16-7-11-18(12-8-16)26-28-20/h5-14H,1-4,19-20H2. The zero-order chi connectivity index (χ0) is 19.6. The van der Waals surface area contributed by atoms with Crippen molar-refractivity contribution < 1.29 is 39.3 Å². The molecule has 0 aromatic heterocycles. The molecular formula is C18H22N2O8. The molecule has 152 valence electrons. The van der Waals surface area contributed by atoms with E-state index in [1.165, 1.54) is 0 Å². The molecule has 2 aromatic rings. The molecule has 0 unspecified atom stereocenters. The van der Waals surface area contributed by atoms with Gasteiger partial charge in [-0.15, -0.1) is 0 Å². The molecule has 3 rings (SSSR count). The largest absolute Gasteiger partial charge is 0.337 e. The van der Waals surface area contributed by atoms with Gasteiger partial charge in [0.1, 0.15) is 12.2 Å². The van der Waals surface area contributed by atoms with Crippen LogP contribution in [-0.4, -0.2) is 12.2 Å². The summed E-state index contributed by atoms with van der Waals surface area (Å²) in [6.45, 7) is 0. The van der Waals surface area contributed by atoms with Crippen LogP contribution in [0.25, 0.3) is 0 Å². The van der Waals surface area contributed by atoms with Gasteiger partial charge in [-0.25, -0.2) is 0 Å². The highest BCUT2D eigenvalue weighted by Gasteiger charge is 2.24. The van der Waals surface area contributed by atoms with Crippen LogP contribution in [0.2, 0.25) is 0 Å². The van der Waals surface area contributed by atoms with Crippen LogP contribution in [0.15, 0.2) is 48.5 Å². The zero-order valence-electron chi connectivity index (χ0n) is 15.0. The highest BCUT2D eigenvalue weighted by atomic mass is 17.3. The molecule has 0 aliphatic heterocycles. The van der Waals surface area contributed by atoms with Crippen LogP contribution in [-0.2, 0) is 19.8 Å². The molecule has 1 fully saturated rings. The fourth-order valence-corrected chi connectivity index (χ4v) is 2.68. The molecule has 0 radical (unpaired) electrons. The number of hydrogen-bond acceptors (Lipinski definition) is 10. The van der Waals surface area contributed by atoms with Gasteiger partial charge in [-0.05, 0) is 74.2 Å². The van der Waals surface area contributed by atoms with E-state index >= 15 is 0 Å². The molecule has 0 atom stereocenters. The van der Waals surface area contributed by atoms with Gasteiger partial charge in [0, 0.05) is 0 Å². The molecule has 1 saturated carbocycles. The molecule has 0 spiro atoms. The Hall–Kier alpha value is -2.60. The predicted molar refractivity (Wildman–Crippen MR) is 94.2 cm³/mol. The quantitative estimate of drug-likeness (QED) is 0.459. The first-order chi connectivity index (χ1) is 13.8. The lowest BCUT2D eigenvalue weighted by Gasteiger charge is -2.26. The summed E-state index contributed by atoms with van der Waals surface area (Å²) in [6.07, 6.45) is 3.12. The molecular weight excluding hydrogens is 372 g/mol. The Balaban J connectivity index is 1.34. The van der Waals surface area contributed by atoms with Crippen molar-refractivity contribution in [1.82, 2.24) is 0 Å². The molecule has 28 heavy (non-hydrogen) atoms. The van der Waals surface area contributed by atoms with Crippen LogP contribution in [0.3, 0.4) is 0 Å². The first-order valence-electron chi connectivity index (χ1n) is 8.70. The van der Waals surface area contributed by atoms with E-state index < -0.39 is 0 Å². The van der Waals surface area contributed by atoms with Gasteiger partial charge in [0.05, 0.1) is 0 Å². The summed E-state index contributed by atoms with van der Waals surface area (Å²) in [4.78, 5) is 39.2. The lowest BCUT2D eigenvalue weighted by molar-refractivity contribution is -0.280. The first kappa shape index (κ1) is 20.1. The molecule has 10 heteroatoms. The van der Waals surface area contributed by atoms with Gasteiger partial charge in [-0.3, -0.25) is 0 Å². The van der Waals surface area contributed by atoms with Crippen molar-refractivity contribution in [2.75, 3.05) is 0 Å². The first-order valence-corrected chi connectivity index (χ1v) is 8.70. The molecule has 1 aliphatic carbocycles. The summed E-state index contributed by atoms with van der Waals surface area (Å²) in [5.74, 6) is 11.7. The van der Waals surface area contributed by atoms with Gasteiger partial charge in [0.2, 0.25) is 0 Å². The van der Waals surface area contributed by atoms with Gasteiger partial charge in [0.15, 0.2) is 23.0 Å². The maximum atomic E-state index is 5.49. The molecule has 1 aliphatic rings. The molecule has 0 heterocycles. The lowest BCUT2D eigenvalue weighted by Crippen LogP contribution is -2.28. The van der Waals surface area contributed by atoms with Gasteiger partial charge < -0.3 is 19.6 Å². The SMILES string of the molecule is NOOc1ccc(OOC2CCC(OOc3ccc(OON)cc3)CC2)cc1. The number of hydrogen-bond donors (Lipinski definition) is 2. The Bertz CT molecular complexity index is 628. The van der Waals surface area contributed by atoms with E-state index in [2.05, 4.69) is 19.8 Å². The predicted octanol–water partition coefficient (Wildman–Crippen LogP) is 2.69. The fraction of sp³-hybridized carbons (Fsp3) is 0.333. The highest BCUT2D eigenvalue weighted by molar-refractivity contribution is 5.31. The minimum Gasteiger partial charge on any atom is -0.337 e. The number of nitrogens with two attached hydrogens (primary N) is 2. The Morgan fingerprint density at radius 2 is 0.786 bits per heavy atom. The molecule has 0 saturated heterocycles. The van der Waals surface area contributed by atoms with Crippen LogP contribution in [0, 0.1) is 0 Å². The van der Waals surface area contributed by atoms with E-state index in [0.29, 0.717) is 23.0 Å². The summed E-state index contributed by atoms with van der Waals surface area (Å²) >= 11 is 0. The van der Waals surface area contributed by atoms with E-state index in [1.807, 2.05) is 0 Å². The van der Waals surface area contributed by atoms with Crippen molar-refractivity contribution in [1.29, 1.82) is 0 Å². The minimum absolute atomic E-state index is 0.0177. The average molecular weight is 394 g/mol. The van der Waals surface area contributed by atoms with Crippen molar-refractivity contribution in [3.8, 4) is 23.0 Å². The van der Waals surface area contributed by atoms with E-state index in [9.17, 15) is 0 Å². The minimum atomic E-state index is -0.0177. The molecule has 10 nitrogen and oxygen atoms in total. The summed E-state index contributed by atoms with van der Waals surface area (Å²) in [5.41, 5.74) is 0. The maximum absolute atomic E-state index is 5.49. The van der Waals surface area contributed by atoms with E-state index in [0.717, 1.165) is 25.7 Å². The van der Waals surface area contributed by atoms with Gasteiger partial charge >= 0.3 is 0 Å². The second-order valence-electron chi connectivity index (χ2n) is 6.06. The van der Waals surface area contributed by atoms with Gasteiger partial charge in [-0.2, -0.15) is 21.6 Å². The van der Waals surface area contributed by atoms with Crippen molar-refractivity contribution in [2.45, 2.75) is 37.9 Å². The van der Waals surface area contributed by atoms with Crippen molar-refractivity contribution in [3.63, 3.8) is 0 Å². The van der Waals surface area contributed by atoms with Gasteiger partial charge in [0.25, 0.3) is 0 Å². The van der Waals surface area contributed by atoms with Crippen molar-refractivity contribution >= 4 is 0 Å². The van der Waals surface area contributed by atoms with E-state index in [1.54, 1.807) is 48.5 Å². The molecule has 0 amide bonds. The zero-order valence-corrected chi connectivity index (χ0v) is 15.0. The maximum Gasteiger partial charge on any atom is 0.167 e. The molecule has 2 aromatic carbocycles. The van der Waals surface area contributed by atoms with Crippen LogP contribution in [0.4, 0.5) is 0 Å². The smallest absolute Gasteiger partial charge is 0.167 e. The van der Waals surface area contributed by atoms with E-state index in [4.69, 9.17) is 31.3 Å². The average Bonchev–Trinajstić information content (AvgIpc) is 2.74. The van der Waals surface area contributed by atoms with Crippen molar-refractivity contribution in [3.05, 3.63) is 48.5 Å². The van der Waals surface area contributed by atoms with Crippen LogP contribution in [0.5, 0.6) is 23.0 Å². The number of benzene rings is 2. The Labute approximate surface area is 161 Å². The summed E-state index contributed by atoms with van der Waals surface area (Å²) < 4.78 is 0. The Morgan fingerprint density at radius 1 is 0.500 bits per heavy atom. The summed E-state index contributed by atoms with van der Waals surface area (Å²) in [5, 5.41) is 0. The summed E-state index contributed by atoms with van der Waals surface area (Å²) in [6, 6.07) is 13.3. The third-order valence-corrected chi connectivity index (χ3v) is 4.12. The molecule has 0 bridgehead atoms. The monoisotopic (exact) mass is 394 g/mol. The normalized spacial score (nSPS) is 19.1. The highest BCUT2D eigenvalue weighted by Crippen LogP contribution is 2.26. The number of rotatable bonds is 10. The summed E-state index contributed by atoms with van der Waals surface area (Å²) in [7, 11) is 0. The lowest BCUT2D eigenvalue weighted by atomic mass is 9.95. The Kier molecular flexibility index (Phi) is 7.67. The second kappa shape index (κ2) is 10.7. The van der Waals surface area contributed by atoms with Crippen LogP contribution in [0.1, 0.15) is 25.7 Å². The second-order valence-corrected chi connectivity index (χ2v) is 6.06. The topological polar surface area (TPSA) is 126 Å². The molecule has 4 N–H and O–H groups in total. The third-order valence-electron chi connectivity index (χ3n) is 4.12. The Morgan fingerprint density at radius 3 is 1.07 bits per heavy atom. The third kappa shape index (κ3) is 6.23. The van der Waals surface area contributed by atoms with Crippen LogP contribution < -0.4 is 31.3 Å². The van der Waals surface area contributed by atoms with E-state index in [-0.39, 0.29) is 12.2 Å². The fourth-order valence-electron chi connectivity index (χ4n) is 2.68.